The molecule has 0 spiro atoms. The van der Waals surface area contributed by atoms with E-state index < -0.39 is 22.5 Å². The monoisotopic (exact) mass is 555 g/mol. The Morgan fingerprint density at radius 1 is 1.00 bits per heavy atom. The zero-order valence-corrected chi connectivity index (χ0v) is 22.3. The van der Waals surface area contributed by atoms with Gasteiger partial charge in [0.2, 0.25) is 0 Å². The van der Waals surface area contributed by atoms with E-state index in [1.165, 1.54) is 18.3 Å². The van der Waals surface area contributed by atoms with Gasteiger partial charge in [0.05, 0.1) is 33.7 Å². The van der Waals surface area contributed by atoms with Crippen molar-refractivity contribution in [1.29, 1.82) is 0 Å². The van der Waals surface area contributed by atoms with Crippen LogP contribution in [-0.4, -0.2) is 36.9 Å². The molecule has 0 unspecified atom stereocenters. The molecule has 0 saturated heterocycles. The maximum atomic E-state index is 13.5. The van der Waals surface area contributed by atoms with Crippen molar-refractivity contribution < 1.29 is 13.2 Å². The first-order chi connectivity index (χ1) is 17.7. The van der Waals surface area contributed by atoms with E-state index in [9.17, 15) is 13.2 Å². The zero-order chi connectivity index (χ0) is 26.6. The van der Waals surface area contributed by atoms with E-state index >= 15 is 0 Å². The number of sulfonamides is 1. The molecule has 190 valence electrons. The second kappa shape index (κ2) is 11.2. The highest BCUT2D eigenvalue weighted by atomic mass is 35.5. The van der Waals surface area contributed by atoms with E-state index in [4.69, 9.17) is 23.2 Å². The van der Waals surface area contributed by atoms with Crippen LogP contribution in [0.4, 0.5) is 5.69 Å². The van der Waals surface area contributed by atoms with Crippen molar-refractivity contribution in [2.24, 2.45) is 5.10 Å². The first-order valence-corrected chi connectivity index (χ1v) is 13.3. The van der Waals surface area contributed by atoms with Gasteiger partial charge < -0.3 is 0 Å². The van der Waals surface area contributed by atoms with Crippen molar-refractivity contribution >= 4 is 51.0 Å². The van der Waals surface area contributed by atoms with Crippen LogP contribution in [0, 0.1) is 13.8 Å². The predicted molar refractivity (Wildman–Crippen MR) is 146 cm³/mol. The fourth-order valence-electron chi connectivity index (χ4n) is 3.67. The predicted octanol–water partition coefficient (Wildman–Crippen LogP) is 5.14. The van der Waals surface area contributed by atoms with Crippen LogP contribution < -0.4 is 9.73 Å². The Bertz CT molecular complexity index is 1560. The number of rotatable bonds is 8. The Morgan fingerprint density at radius 2 is 1.65 bits per heavy atom. The Kier molecular flexibility index (Phi) is 7.97. The SMILES string of the molecule is Cc1c(Cl)cccc1N(CC(=O)N/N=C\c1c(Cl)nn(-c2ccccc2)c1C)S(=O)(=O)c1ccccc1. The van der Waals surface area contributed by atoms with Gasteiger partial charge in [0.1, 0.15) is 6.54 Å². The van der Waals surface area contributed by atoms with Crippen LogP contribution in [0.25, 0.3) is 5.69 Å². The minimum absolute atomic E-state index is 0.0430. The van der Waals surface area contributed by atoms with Crippen LogP contribution >= 0.6 is 23.2 Å². The van der Waals surface area contributed by atoms with E-state index in [2.05, 4.69) is 15.6 Å². The largest absolute Gasteiger partial charge is 0.271 e. The number of nitrogens with one attached hydrogen (secondary N) is 1. The molecule has 0 bridgehead atoms. The number of hydrazone groups is 1. The van der Waals surface area contributed by atoms with Gasteiger partial charge in [-0.3, -0.25) is 9.10 Å². The summed E-state index contributed by atoms with van der Waals surface area (Å²) in [6, 6.07) is 22.2. The molecule has 1 heterocycles. The average Bonchev–Trinajstić information content (AvgIpc) is 3.18. The van der Waals surface area contributed by atoms with E-state index in [1.54, 1.807) is 48.0 Å². The van der Waals surface area contributed by atoms with E-state index in [0.717, 1.165) is 15.7 Å². The normalized spacial score (nSPS) is 11.6. The number of halogens is 2. The zero-order valence-electron chi connectivity index (χ0n) is 20.0. The van der Waals surface area contributed by atoms with Gasteiger partial charge in [0, 0.05) is 5.02 Å². The van der Waals surface area contributed by atoms with Crippen LogP contribution in [0.15, 0.2) is 88.9 Å². The van der Waals surface area contributed by atoms with Gasteiger partial charge in [-0.05, 0) is 55.8 Å². The summed E-state index contributed by atoms with van der Waals surface area (Å²) < 4.78 is 29.7. The molecule has 4 rings (SSSR count). The number of carbonyl (C=O) groups is 1. The molecule has 1 aromatic heterocycles. The molecule has 0 fully saturated rings. The van der Waals surface area contributed by atoms with Crippen molar-refractivity contribution in [3.63, 3.8) is 0 Å². The Balaban J connectivity index is 1.58. The van der Waals surface area contributed by atoms with E-state index in [0.29, 0.717) is 21.8 Å². The van der Waals surface area contributed by atoms with Crippen LogP contribution in [-0.2, 0) is 14.8 Å². The summed E-state index contributed by atoms with van der Waals surface area (Å²) in [4.78, 5) is 12.9. The maximum Gasteiger partial charge on any atom is 0.264 e. The fourth-order valence-corrected chi connectivity index (χ4v) is 5.60. The standard InChI is InChI=1S/C26H23Cl2N5O3S/c1-18-23(27)14-9-15-24(18)32(37(35,36)21-12-7-4-8-13-21)17-25(34)30-29-16-22-19(2)33(31-26(22)28)20-10-5-3-6-11-20/h3-16H,17H2,1-2H3,(H,30,34)/b29-16-. The molecule has 4 aromatic rings. The number of anilines is 1. The summed E-state index contributed by atoms with van der Waals surface area (Å²) >= 11 is 12.6. The molecule has 0 atom stereocenters. The van der Waals surface area contributed by atoms with Gasteiger partial charge in [-0.2, -0.15) is 10.2 Å². The summed E-state index contributed by atoms with van der Waals surface area (Å²) in [6.45, 7) is 2.99. The number of aromatic nitrogens is 2. The molecule has 1 amide bonds. The summed E-state index contributed by atoms with van der Waals surface area (Å²) in [6.07, 6.45) is 1.38. The third kappa shape index (κ3) is 5.69. The van der Waals surface area contributed by atoms with Gasteiger partial charge in [-0.1, -0.05) is 65.7 Å². The quantitative estimate of drug-likeness (QED) is 0.240. The molecular weight excluding hydrogens is 533 g/mol. The molecule has 0 saturated carbocycles. The molecule has 0 aliphatic heterocycles. The number of amides is 1. The second-order valence-corrected chi connectivity index (χ2v) is 10.7. The number of nitrogens with zero attached hydrogens (tertiary/aromatic N) is 4. The molecular formula is C26H23Cl2N5O3S. The lowest BCUT2D eigenvalue weighted by Crippen LogP contribution is -2.40. The first kappa shape index (κ1) is 26.4. The topological polar surface area (TPSA) is 96.7 Å². The van der Waals surface area contributed by atoms with Gasteiger partial charge in [-0.15, -0.1) is 0 Å². The highest BCUT2D eigenvalue weighted by Crippen LogP contribution is 2.30. The number of hydrogen-bond donors (Lipinski definition) is 1. The number of carbonyl (C=O) groups excluding carboxylic acids is 1. The van der Waals surface area contributed by atoms with Crippen LogP contribution in [0.5, 0.6) is 0 Å². The van der Waals surface area contributed by atoms with Crippen molar-refractivity contribution in [2.75, 3.05) is 10.8 Å². The number of para-hydroxylation sites is 1. The molecule has 0 radical (unpaired) electrons. The minimum atomic E-state index is -4.08. The molecule has 0 aliphatic carbocycles. The second-order valence-electron chi connectivity index (χ2n) is 8.04. The summed E-state index contributed by atoms with van der Waals surface area (Å²) in [5, 5.41) is 8.92. The fraction of sp³-hybridized carbons (Fsp3) is 0.115. The highest BCUT2D eigenvalue weighted by molar-refractivity contribution is 7.92. The Hall–Kier alpha value is -3.66. The lowest BCUT2D eigenvalue weighted by atomic mass is 10.2. The maximum absolute atomic E-state index is 13.5. The van der Waals surface area contributed by atoms with Crippen LogP contribution in [0.2, 0.25) is 10.2 Å². The summed E-state index contributed by atoms with van der Waals surface area (Å²) in [5.41, 5.74) is 5.26. The lowest BCUT2D eigenvalue weighted by Gasteiger charge is -2.25. The third-order valence-electron chi connectivity index (χ3n) is 5.63. The third-order valence-corrected chi connectivity index (χ3v) is 8.09. The lowest BCUT2D eigenvalue weighted by molar-refractivity contribution is -0.119. The van der Waals surface area contributed by atoms with Crippen molar-refractivity contribution in [3.8, 4) is 5.69 Å². The van der Waals surface area contributed by atoms with Crippen molar-refractivity contribution in [1.82, 2.24) is 15.2 Å². The highest BCUT2D eigenvalue weighted by Gasteiger charge is 2.28. The molecule has 1 N–H and O–H groups in total. The van der Waals surface area contributed by atoms with Gasteiger partial charge >= 0.3 is 0 Å². The first-order valence-electron chi connectivity index (χ1n) is 11.2. The number of benzene rings is 3. The smallest absolute Gasteiger partial charge is 0.264 e. The van der Waals surface area contributed by atoms with E-state index in [-0.39, 0.29) is 10.0 Å². The van der Waals surface area contributed by atoms with Crippen LogP contribution in [0.3, 0.4) is 0 Å². The summed E-state index contributed by atoms with van der Waals surface area (Å²) in [5.74, 6) is -0.653. The van der Waals surface area contributed by atoms with Gasteiger partial charge in [0.15, 0.2) is 5.15 Å². The van der Waals surface area contributed by atoms with E-state index in [1.807, 2.05) is 37.3 Å². The van der Waals surface area contributed by atoms with Crippen molar-refractivity contribution in [3.05, 3.63) is 106 Å². The molecule has 37 heavy (non-hydrogen) atoms. The average molecular weight is 556 g/mol. The van der Waals surface area contributed by atoms with Gasteiger partial charge in [0.25, 0.3) is 15.9 Å². The van der Waals surface area contributed by atoms with Crippen molar-refractivity contribution in [2.45, 2.75) is 18.7 Å². The molecule has 11 heteroatoms. The van der Waals surface area contributed by atoms with Crippen LogP contribution in [0.1, 0.15) is 16.8 Å². The minimum Gasteiger partial charge on any atom is -0.271 e. The molecule has 8 nitrogen and oxygen atoms in total. The molecule has 3 aromatic carbocycles. The Morgan fingerprint density at radius 3 is 2.32 bits per heavy atom. The summed E-state index contributed by atoms with van der Waals surface area (Å²) in [7, 11) is -4.08. The Labute approximate surface area is 225 Å². The number of hydrogen-bond acceptors (Lipinski definition) is 5. The molecule has 0 aliphatic rings. The van der Waals surface area contributed by atoms with Gasteiger partial charge in [-0.25, -0.2) is 18.5 Å².